The number of alkyl halides is 1. The average Bonchev–Trinajstić information content (AvgIpc) is 3.24. The highest BCUT2D eigenvalue weighted by atomic mass is 35.5. The second-order valence-electron chi connectivity index (χ2n) is 12.3. The molecule has 2 heterocycles. The minimum atomic E-state index is -0.197. The van der Waals surface area contributed by atoms with Crippen molar-refractivity contribution in [1.29, 1.82) is 0 Å². The number of methoxy groups -OCH3 is 1. The van der Waals surface area contributed by atoms with Gasteiger partial charge in [-0.05, 0) is 111 Å². The molecule has 2 N–H and O–H groups in total. The highest BCUT2D eigenvalue weighted by Crippen LogP contribution is 2.56. The molecule has 3 aromatic rings. The number of nitrogens with one attached hydrogen (secondary N) is 2. The van der Waals surface area contributed by atoms with E-state index in [-0.39, 0.29) is 29.4 Å². The van der Waals surface area contributed by atoms with Gasteiger partial charge >= 0.3 is 0 Å². The van der Waals surface area contributed by atoms with Crippen LogP contribution in [0.5, 0.6) is 5.75 Å². The van der Waals surface area contributed by atoms with Crippen molar-refractivity contribution >= 4 is 34.1 Å². The standard InChI is InChI=1S/C31H36ClN3O2/c1-18-9-26-25-13-24(37-2)7-8-27(25)33-29(26)30(35(18)28(36)17-32)22-3-5-23(6-4-22)34-31-14-19-10-20(15-31)12-21(11-19)16-31/h3-8,13,18-21,30,33-34H,9-12,14-17H2,1-2H3/t18-,19?,20?,21?,30-,31?/m0/s1. The molecule has 5 aliphatic rings. The summed E-state index contributed by atoms with van der Waals surface area (Å²) in [4.78, 5) is 18.7. The molecule has 4 aliphatic carbocycles. The maximum absolute atomic E-state index is 13.1. The second-order valence-corrected chi connectivity index (χ2v) is 12.5. The van der Waals surface area contributed by atoms with E-state index in [0.29, 0.717) is 0 Å². The smallest absolute Gasteiger partial charge is 0.238 e. The van der Waals surface area contributed by atoms with Gasteiger partial charge < -0.3 is 19.9 Å². The van der Waals surface area contributed by atoms with Gasteiger partial charge in [0.2, 0.25) is 5.91 Å². The number of fused-ring (bicyclic) bond motifs is 3. The van der Waals surface area contributed by atoms with E-state index < -0.39 is 0 Å². The highest BCUT2D eigenvalue weighted by molar-refractivity contribution is 6.27. The Labute approximate surface area is 223 Å². The quantitative estimate of drug-likeness (QED) is 0.372. The Bertz CT molecular complexity index is 1310. The highest BCUT2D eigenvalue weighted by Gasteiger charge is 2.51. The first-order valence-electron chi connectivity index (χ1n) is 13.9. The Morgan fingerprint density at radius 2 is 1.76 bits per heavy atom. The third kappa shape index (κ3) is 3.84. The number of ether oxygens (including phenoxy) is 1. The summed E-state index contributed by atoms with van der Waals surface area (Å²) >= 11 is 6.12. The lowest BCUT2D eigenvalue weighted by Crippen LogP contribution is -2.54. The summed E-state index contributed by atoms with van der Waals surface area (Å²) in [7, 11) is 1.70. The van der Waals surface area contributed by atoms with Crippen LogP contribution in [0.2, 0.25) is 0 Å². The molecule has 194 valence electrons. The van der Waals surface area contributed by atoms with E-state index in [0.717, 1.165) is 46.7 Å². The number of halogens is 1. The Morgan fingerprint density at radius 3 is 2.38 bits per heavy atom. The lowest BCUT2D eigenvalue weighted by molar-refractivity contribution is -0.133. The van der Waals surface area contributed by atoms with Crippen molar-refractivity contribution in [1.82, 2.24) is 9.88 Å². The van der Waals surface area contributed by atoms with Crippen molar-refractivity contribution < 1.29 is 9.53 Å². The van der Waals surface area contributed by atoms with E-state index in [1.54, 1.807) is 7.11 Å². The van der Waals surface area contributed by atoms with Gasteiger partial charge in [-0.25, -0.2) is 0 Å². The molecule has 0 radical (unpaired) electrons. The van der Waals surface area contributed by atoms with Crippen molar-refractivity contribution in [2.75, 3.05) is 18.3 Å². The summed E-state index contributed by atoms with van der Waals surface area (Å²) in [6.07, 6.45) is 9.09. The molecule has 0 saturated heterocycles. The normalized spacial score (nSPS) is 32.0. The fourth-order valence-electron chi connectivity index (χ4n) is 8.72. The van der Waals surface area contributed by atoms with Gasteiger partial charge in [-0.2, -0.15) is 0 Å². The van der Waals surface area contributed by atoms with Crippen molar-refractivity contribution in [3.8, 4) is 5.75 Å². The number of anilines is 1. The number of hydrogen-bond acceptors (Lipinski definition) is 3. The molecule has 37 heavy (non-hydrogen) atoms. The van der Waals surface area contributed by atoms with Gasteiger partial charge in [0, 0.05) is 33.9 Å². The van der Waals surface area contributed by atoms with Gasteiger partial charge in [0.05, 0.1) is 13.2 Å². The van der Waals surface area contributed by atoms with Crippen molar-refractivity contribution in [3.05, 3.63) is 59.3 Å². The summed E-state index contributed by atoms with van der Waals surface area (Å²) < 4.78 is 5.51. The molecule has 4 bridgehead atoms. The Balaban J connectivity index is 1.24. The second kappa shape index (κ2) is 8.69. The number of aromatic nitrogens is 1. The zero-order valence-electron chi connectivity index (χ0n) is 21.7. The minimum absolute atomic E-state index is 0.0180. The van der Waals surface area contributed by atoms with Crippen LogP contribution in [0.1, 0.15) is 68.3 Å². The topological polar surface area (TPSA) is 57.4 Å². The number of nitrogens with zero attached hydrogens (tertiary/aromatic N) is 1. The first kappa shape index (κ1) is 23.5. The summed E-state index contributed by atoms with van der Waals surface area (Å²) in [5, 5.41) is 5.17. The zero-order chi connectivity index (χ0) is 25.3. The Kier molecular flexibility index (Phi) is 5.51. The van der Waals surface area contributed by atoms with Gasteiger partial charge in [-0.15, -0.1) is 11.6 Å². The molecule has 0 unspecified atom stereocenters. The lowest BCUT2D eigenvalue weighted by atomic mass is 9.53. The molecule has 1 amide bonds. The molecule has 2 aromatic carbocycles. The van der Waals surface area contributed by atoms with Crippen molar-refractivity contribution in [2.45, 2.75) is 69.5 Å². The lowest BCUT2D eigenvalue weighted by Gasteiger charge is -2.57. The molecular formula is C31H36ClN3O2. The SMILES string of the molecule is COc1ccc2[nH]c3c(c2c1)C[C@H](C)N(C(=O)CCl)[C@H]3c1ccc(NC23CC4CC(CC(C4)C2)C3)cc1. The summed E-state index contributed by atoms with van der Waals surface area (Å²) in [5.41, 5.74) is 6.01. The molecule has 2 atom stereocenters. The predicted molar refractivity (Wildman–Crippen MR) is 148 cm³/mol. The number of amides is 1. The van der Waals surface area contributed by atoms with Crippen LogP contribution >= 0.6 is 11.6 Å². The fourth-order valence-corrected chi connectivity index (χ4v) is 8.86. The van der Waals surface area contributed by atoms with Gasteiger partial charge in [-0.1, -0.05) is 12.1 Å². The van der Waals surface area contributed by atoms with E-state index in [1.807, 2.05) is 11.0 Å². The van der Waals surface area contributed by atoms with Gasteiger partial charge in [0.1, 0.15) is 11.6 Å². The predicted octanol–water partition coefficient (Wildman–Crippen LogP) is 6.66. The van der Waals surface area contributed by atoms with Crippen LogP contribution in [0.25, 0.3) is 10.9 Å². The number of carbonyl (C=O) groups excluding carboxylic acids is 1. The maximum Gasteiger partial charge on any atom is 0.238 e. The molecule has 8 rings (SSSR count). The van der Waals surface area contributed by atoms with Crippen LogP contribution in [-0.2, 0) is 11.2 Å². The Morgan fingerprint density at radius 1 is 1.08 bits per heavy atom. The van der Waals surface area contributed by atoms with E-state index >= 15 is 0 Å². The molecule has 4 saturated carbocycles. The number of benzene rings is 2. The number of H-pyrrole nitrogens is 1. The first-order chi connectivity index (χ1) is 17.9. The number of carbonyl (C=O) groups is 1. The molecular weight excluding hydrogens is 482 g/mol. The third-order valence-corrected chi connectivity index (χ3v) is 9.98. The summed E-state index contributed by atoms with van der Waals surface area (Å²) in [6, 6.07) is 14.9. The van der Waals surface area contributed by atoms with Crippen LogP contribution in [0.3, 0.4) is 0 Å². The molecule has 6 heteroatoms. The van der Waals surface area contributed by atoms with E-state index in [9.17, 15) is 4.79 Å². The van der Waals surface area contributed by atoms with E-state index in [1.165, 1.54) is 55.2 Å². The number of rotatable bonds is 5. The van der Waals surface area contributed by atoms with Crippen LogP contribution in [-0.4, -0.2) is 40.4 Å². The Hall–Kier alpha value is -2.66. The van der Waals surface area contributed by atoms with E-state index in [2.05, 4.69) is 53.6 Å². The van der Waals surface area contributed by atoms with Gasteiger partial charge in [0.15, 0.2) is 0 Å². The zero-order valence-corrected chi connectivity index (χ0v) is 22.5. The van der Waals surface area contributed by atoms with Crippen LogP contribution < -0.4 is 10.1 Å². The van der Waals surface area contributed by atoms with Crippen LogP contribution in [0, 0.1) is 17.8 Å². The van der Waals surface area contributed by atoms with Crippen molar-refractivity contribution in [2.24, 2.45) is 17.8 Å². The van der Waals surface area contributed by atoms with Crippen LogP contribution in [0.4, 0.5) is 5.69 Å². The molecule has 1 aromatic heterocycles. The first-order valence-corrected chi connectivity index (χ1v) is 14.4. The minimum Gasteiger partial charge on any atom is -0.497 e. The van der Waals surface area contributed by atoms with Gasteiger partial charge in [-0.3, -0.25) is 4.79 Å². The molecule has 0 spiro atoms. The maximum atomic E-state index is 13.1. The summed E-state index contributed by atoms with van der Waals surface area (Å²) in [5.74, 6) is 3.54. The third-order valence-electron chi connectivity index (χ3n) is 9.75. The molecule has 1 aliphatic heterocycles. The van der Waals surface area contributed by atoms with Gasteiger partial charge in [0.25, 0.3) is 0 Å². The largest absolute Gasteiger partial charge is 0.497 e. The molecule has 4 fully saturated rings. The fraction of sp³-hybridized carbons (Fsp3) is 0.516. The number of aromatic amines is 1. The van der Waals surface area contributed by atoms with Crippen LogP contribution in [0.15, 0.2) is 42.5 Å². The monoisotopic (exact) mass is 517 g/mol. The number of hydrogen-bond donors (Lipinski definition) is 2. The average molecular weight is 518 g/mol. The molecule has 5 nitrogen and oxygen atoms in total. The van der Waals surface area contributed by atoms with E-state index in [4.69, 9.17) is 16.3 Å². The summed E-state index contributed by atoms with van der Waals surface area (Å²) in [6.45, 7) is 2.13. The van der Waals surface area contributed by atoms with Crippen molar-refractivity contribution in [3.63, 3.8) is 0 Å².